The number of benzene rings is 1. The maximum Gasteiger partial charge on any atom is 0.241 e. The number of hydrogen-bond acceptors (Lipinski definition) is 5. The summed E-state index contributed by atoms with van der Waals surface area (Å²) in [6.45, 7) is 9.82. The standard InChI is InChI=1S/C23H32N4O2/c1-3-26(4-2)23(28)22-20(17-25-12-14-29-15-13-25)27-16-19(10-11-21(27)24-22)18-8-6-5-7-9-18/h5-11,16,20-22,24H,3-4,12-15,17H2,1-2H3. The van der Waals surface area contributed by atoms with Crippen LogP contribution in [0.15, 0.2) is 48.7 Å². The van der Waals surface area contributed by atoms with Gasteiger partial charge in [0.2, 0.25) is 5.91 Å². The molecule has 3 unspecified atom stereocenters. The van der Waals surface area contributed by atoms with Crippen molar-refractivity contribution >= 4 is 11.5 Å². The third-order valence-corrected chi connectivity index (χ3v) is 6.18. The summed E-state index contributed by atoms with van der Waals surface area (Å²) < 4.78 is 5.52. The van der Waals surface area contributed by atoms with Gasteiger partial charge in [0.1, 0.15) is 6.04 Å². The third kappa shape index (κ3) is 4.25. The van der Waals surface area contributed by atoms with E-state index in [9.17, 15) is 4.79 Å². The van der Waals surface area contributed by atoms with Crippen LogP contribution in [-0.2, 0) is 9.53 Å². The van der Waals surface area contributed by atoms with E-state index in [0.717, 1.165) is 45.9 Å². The molecule has 0 spiro atoms. The first-order valence-electron chi connectivity index (χ1n) is 10.8. The molecule has 156 valence electrons. The lowest BCUT2D eigenvalue weighted by Gasteiger charge is -2.36. The monoisotopic (exact) mass is 396 g/mol. The first-order valence-corrected chi connectivity index (χ1v) is 10.8. The predicted molar refractivity (Wildman–Crippen MR) is 115 cm³/mol. The maximum absolute atomic E-state index is 13.3. The Bertz CT molecular complexity index is 753. The van der Waals surface area contributed by atoms with Crippen LogP contribution >= 0.6 is 0 Å². The van der Waals surface area contributed by atoms with Gasteiger partial charge in [-0.05, 0) is 31.1 Å². The van der Waals surface area contributed by atoms with Crippen molar-refractivity contribution < 1.29 is 9.53 Å². The molecular weight excluding hydrogens is 364 g/mol. The minimum absolute atomic E-state index is 0.0537. The van der Waals surface area contributed by atoms with Crippen LogP contribution in [0.4, 0.5) is 0 Å². The molecule has 0 aromatic heterocycles. The van der Waals surface area contributed by atoms with Gasteiger partial charge in [-0.1, -0.05) is 36.4 Å². The zero-order valence-corrected chi connectivity index (χ0v) is 17.5. The normalized spacial score (nSPS) is 26.9. The number of carbonyl (C=O) groups is 1. The summed E-state index contributed by atoms with van der Waals surface area (Å²) in [4.78, 5) is 20.0. The molecule has 1 aromatic carbocycles. The van der Waals surface area contributed by atoms with Crippen LogP contribution in [0.2, 0.25) is 0 Å². The molecule has 2 saturated heterocycles. The van der Waals surface area contributed by atoms with Crippen molar-refractivity contribution in [3.8, 4) is 0 Å². The highest BCUT2D eigenvalue weighted by molar-refractivity contribution is 5.84. The van der Waals surface area contributed by atoms with E-state index in [1.807, 2.05) is 24.8 Å². The molecule has 3 heterocycles. The number of amides is 1. The minimum atomic E-state index is -0.209. The Kier molecular flexibility index (Phi) is 6.33. The lowest BCUT2D eigenvalue weighted by molar-refractivity contribution is -0.133. The summed E-state index contributed by atoms with van der Waals surface area (Å²) in [7, 11) is 0. The fourth-order valence-electron chi connectivity index (χ4n) is 4.51. The van der Waals surface area contributed by atoms with Crippen molar-refractivity contribution in [3.63, 3.8) is 0 Å². The third-order valence-electron chi connectivity index (χ3n) is 6.18. The first-order chi connectivity index (χ1) is 14.2. The predicted octanol–water partition coefficient (Wildman–Crippen LogP) is 1.77. The summed E-state index contributed by atoms with van der Waals surface area (Å²) in [5, 5.41) is 3.60. The van der Waals surface area contributed by atoms with Crippen LogP contribution in [0.1, 0.15) is 19.4 Å². The van der Waals surface area contributed by atoms with Crippen molar-refractivity contribution in [3.05, 3.63) is 54.2 Å². The minimum Gasteiger partial charge on any atom is -0.379 e. The molecule has 3 aliphatic rings. The van der Waals surface area contributed by atoms with E-state index < -0.39 is 0 Å². The van der Waals surface area contributed by atoms with E-state index >= 15 is 0 Å². The van der Waals surface area contributed by atoms with E-state index in [4.69, 9.17) is 4.74 Å². The summed E-state index contributed by atoms with van der Waals surface area (Å²) in [5.41, 5.74) is 2.39. The summed E-state index contributed by atoms with van der Waals surface area (Å²) in [5.74, 6) is 0.200. The van der Waals surface area contributed by atoms with E-state index in [2.05, 4.69) is 57.7 Å². The van der Waals surface area contributed by atoms with E-state index in [1.54, 1.807) is 0 Å². The van der Waals surface area contributed by atoms with Crippen LogP contribution in [0.3, 0.4) is 0 Å². The lowest BCUT2D eigenvalue weighted by atomic mass is 10.0. The number of nitrogens with one attached hydrogen (secondary N) is 1. The van der Waals surface area contributed by atoms with Gasteiger partial charge in [-0.25, -0.2) is 0 Å². The number of allylic oxidation sites excluding steroid dienone is 2. The topological polar surface area (TPSA) is 48.1 Å². The number of ether oxygens (including phenoxy) is 1. The fraction of sp³-hybridized carbons (Fsp3) is 0.522. The molecule has 0 bridgehead atoms. The van der Waals surface area contributed by atoms with E-state index in [1.165, 1.54) is 11.1 Å². The van der Waals surface area contributed by atoms with Gasteiger partial charge in [0, 0.05) is 38.9 Å². The second-order valence-corrected chi connectivity index (χ2v) is 7.84. The maximum atomic E-state index is 13.3. The zero-order valence-electron chi connectivity index (χ0n) is 17.5. The van der Waals surface area contributed by atoms with Gasteiger partial charge < -0.3 is 14.5 Å². The number of nitrogens with zero attached hydrogens (tertiary/aromatic N) is 3. The molecule has 0 radical (unpaired) electrons. The second-order valence-electron chi connectivity index (χ2n) is 7.84. The zero-order chi connectivity index (χ0) is 20.2. The Hall–Kier alpha value is -2.15. The molecule has 6 heteroatoms. The van der Waals surface area contributed by atoms with Crippen molar-refractivity contribution in [2.45, 2.75) is 32.1 Å². The molecule has 29 heavy (non-hydrogen) atoms. The molecule has 0 saturated carbocycles. The van der Waals surface area contributed by atoms with Crippen molar-refractivity contribution in [1.82, 2.24) is 20.0 Å². The summed E-state index contributed by atoms with van der Waals surface area (Å²) >= 11 is 0. The van der Waals surface area contributed by atoms with Gasteiger partial charge in [-0.3, -0.25) is 15.0 Å². The Labute approximate surface area is 173 Å². The van der Waals surface area contributed by atoms with Gasteiger partial charge in [0.15, 0.2) is 0 Å². The number of morpholine rings is 1. The van der Waals surface area contributed by atoms with Crippen molar-refractivity contribution in [1.29, 1.82) is 0 Å². The summed E-state index contributed by atoms with van der Waals surface area (Å²) in [6.07, 6.45) is 6.63. The second kappa shape index (κ2) is 9.11. The quantitative estimate of drug-likeness (QED) is 0.794. The van der Waals surface area contributed by atoms with Gasteiger partial charge in [0.05, 0.1) is 25.4 Å². The molecule has 2 fully saturated rings. The van der Waals surface area contributed by atoms with E-state index in [-0.39, 0.29) is 24.2 Å². The summed E-state index contributed by atoms with van der Waals surface area (Å²) in [6, 6.07) is 10.3. The number of hydrogen-bond donors (Lipinski definition) is 1. The average molecular weight is 397 g/mol. The SMILES string of the molecule is CCN(CC)C(=O)C1NC2C=CC(c3ccccc3)=CN2C1CN1CCOCC1. The number of likely N-dealkylation sites (N-methyl/N-ethyl adjacent to an activating group) is 1. The van der Waals surface area contributed by atoms with Crippen LogP contribution in [0, 0.1) is 0 Å². The highest BCUT2D eigenvalue weighted by Gasteiger charge is 2.44. The van der Waals surface area contributed by atoms with E-state index in [0.29, 0.717) is 0 Å². The molecule has 3 aliphatic heterocycles. The molecule has 1 aromatic rings. The Morgan fingerprint density at radius 3 is 2.59 bits per heavy atom. The fourth-order valence-corrected chi connectivity index (χ4v) is 4.51. The Morgan fingerprint density at radius 1 is 1.17 bits per heavy atom. The van der Waals surface area contributed by atoms with Gasteiger partial charge in [-0.2, -0.15) is 0 Å². The molecule has 3 atom stereocenters. The van der Waals surface area contributed by atoms with Crippen LogP contribution in [0.25, 0.3) is 5.57 Å². The van der Waals surface area contributed by atoms with Crippen LogP contribution in [-0.4, -0.2) is 84.8 Å². The van der Waals surface area contributed by atoms with Crippen molar-refractivity contribution in [2.75, 3.05) is 45.9 Å². The Morgan fingerprint density at radius 2 is 1.90 bits per heavy atom. The molecule has 4 rings (SSSR count). The van der Waals surface area contributed by atoms with Gasteiger partial charge in [-0.15, -0.1) is 0 Å². The number of fused-ring (bicyclic) bond motifs is 1. The number of carbonyl (C=O) groups excluding carboxylic acids is 1. The molecule has 1 amide bonds. The average Bonchev–Trinajstić information content (AvgIpc) is 3.13. The largest absolute Gasteiger partial charge is 0.379 e. The Balaban J connectivity index is 1.61. The van der Waals surface area contributed by atoms with Crippen LogP contribution < -0.4 is 5.32 Å². The highest BCUT2D eigenvalue weighted by Crippen LogP contribution is 2.29. The van der Waals surface area contributed by atoms with Gasteiger partial charge in [0.25, 0.3) is 0 Å². The van der Waals surface area contributed by atoms with Gasteiger partial charge >= 0.3 is 0 Å². The first kappa shape index (κ1) is 20.1. The molecular formula is C23H32N4O2. The smallest absolute Gasteiger partial charge is 0.241 e. The van der Waals surface area contributed by atoms with Crippen LogP contribution in [0.5, 0.6) is 0 Å². The molecule has 0 aliphatic carbocycles. The molecule has 6 nitrogen and oxygen atoms in total. The number of rotatable bonds is 6. The highest BCUT2D eigenvalue weighted by atomic mass is 16.5. The molecule has 1 N–H and O–H groups in total. The lowest BCUT2D eigenvalue weighted by Crippen LogP contribution is -2.54. The van der Waals surface area contributed by atoms with Crippen molar-refractivity contribution in [2.24, 2.45) is 0 Å².